The number of aromatic nitrogens is 2. The van der Waals surface area contributed by atoms with Gasteiger partial charge in [0.1, 0.15) is 5.82 Å². The predicted octanol–water partition coefficient (Wildman–Crippen LogP) is 2.79. The average Bonchev–Trinajstić information content (AvgIpc) is 2.53. The molecular formula is C16H37N3O8P2S2. The van der Waals surface area contributed by atoms with Gasteiger partial charge in [0.05, 0.1) is 0 Å². The van der Waals surface area contributed by atoms with Crippen LogP contribution in [0.25, 0.3) is 0 Å². The van der Waals surface area contributed by atoms with Crippen LogP contribution in [-0.4, -0.2) is 64.4 Å². The summed E-state index contributed by atoms with van der Waals surface area (Å²) in [6.07, 6.45) is 0.813. The number of ether oxygens (including phenoxy) is 1. The van der Waals surface area contributed by atoms with Crippen molar-refractivity contribution in [1.82, 2.24) is 14.9 Å². The van der Waals surface area contributed by atoms with Gasteiger partial charge in [0.15, 0.2) is 0 Å². The molecule has 0 saturated carbocycles. The highest BCUT2D eigenvalue weighted by atomic mass is 32.5. The smallest absolute Gasteiger partial charge is 0.391 e. The number of rotatable bonds is 2. The van der Waals surface area contributed by atoms with Crippen LogP contribution in [0.15, 0.2) is 6.07 Å². The van der Waals surface area contributed by atoms with E-state index in [9.17, 15) is 4.79 Å². The van der Waals surface area contributed by atoms with Crippen LogP contribution in [-0.2, 0) is 23.6 Å². The van der Waals surface area contributed by atoms with E-state index in [0.717, 1.165) is 5.69 Å². The van der Waals surface area contributed by atoms with Crippen LogP contribution < -0.4 is 4.74 Å². The van der Waals surface area contributed by atoms with Crippen molar-refractivity contribution in [1.29, 1.82) is 0 Å². The molecule has 0 aliphatic rings. The summed E-state index contributed by atoms with van der Waals surface area (Å²) in [5, 5.41) is 0. The Bertz CT molecular complexity index is 661. The van der Waals surface area contributed by atoms with Crippen LogP contribution in [0.3, 0.4) is 0 Å². The van der Waals surface area contributed by atoms with Gasteiger partial charge in [0, 0.05) is 31.8 Å². The van der Waals surface area contributed by atoms with E-state index in [-0.39, 0.29) is 5.92 Å². The lowest BCUT2D eigenvalue weighted by Gasteiger charge is -2.11. The maximum Gasteiger partial charge on any atom is 0.416 e. The summed E-state index contributed by atoms with van der Waals surface area (Å²) >= 11 is 7.21. The molecule has 1 rings (SSSR count). The molecule has 0 bridgehead atoms. The fourth-order valence-corrected chi connectivity index (χ4v) is 1.05. The van der Waals surface area contributed by atoms with Gasteiger partial charge in [-0.2, -0.15) is 4.98 Å². The van der Waals surface area contributed by atoms with Gasteiger partial charge < -0.3 is 39.0 Å². The maximum absolute atomic E-state index is 11.3. The largest absolute Gasteiger partial charge is 0.416 e. The molecule has 1 aromatic rings. The van der Waals surface area contributed by atoms with Crippen LogP contribution >= 0.6 is 13.4 Å². The van der Waals surface area contributed by atoms with Crippen molar-refractivity contribution in [3.8, 4) is 5.88 Å². The average molecular weight is 526 g/mol. The van der Waals surface area contributed by atoms with Crippen molar-refractivity contribution in [2.24, 2.45) is 0 Å². The lowest BCUT2D eigenvalue weighted by molar-refractivity contribution is 0.169. The minimum atomic E-state index is -3.81. The standard InChI is InChI=1S/C11H17N3O2.C3H8.C2H6.2H3O3PS/c1-7(2)10-12-8(3)6-9(13-10)16-11(15)14(4)5;1-3-2;1-2;2*1-4(2,3)5/h6-7H,1-5H3;3H2,1-2H3;1-2H3;2*(H3,1,2,3,5). The van der Waals surface area contributed by atoms with E-state index in [4.69, 9.17) is 34.1 Å². The van der Waals surface area contributed by atoms with Crippen LogP contribution in [0.5, 0.6) is 5.88 Å². The van der Waals surface area contributed by atoms with E-state index in [1.54, 1.807) is 20.2 Å². The molecule has 1 heterocycles. The van der Waals surface area contributed by atoms with Crippen molar-refractivity contribution in [3.05, 3.63) is 17.6 Å². The zero-order chi connectivity index (χ0) is 26.0. The van der Waals surface area contributed by atoms with Gasteiger partial charge in [0.25, 0.3) is 0 Å². The molecule has 0 unspecified atom stereocenters. The molecule has 11 nitrogen and oxygen atoms in total. The van der Waals surface area contributed by atoms with Crippen LogP contribution in [0.1, 0.15) is 65.4 Å². The summed E-state index contributed by atoms with van der Waals surface area (Å²) in [4.78, 5) is 66.5. The first-order valence-electron chi connectivity index (χ1n) is 9.12. The van der Waals surface area contributed by atoms with Crippen molar-refractivity contribution >= 4 is 43.1 Å². The Balaban J connectivity index is -0.000000200. The molecule has 0 saturated heterocycles. The van der Waals surface area contributed by atoms with Gasteiger partial charge in [-0.1, -0.05) is 48.0 Å². The highest BCUT2D eigenvalue weighted by Crippen LogP contribution is 2.27. The van der Waals surface area contributed by atoms with E-state index < -0.39 is 19.5 Å². The van der Waals surface area contributed by atoms with Crippen molar-refractivity contribution in [3.63, 3.8) is 0 Å². The predicted molar refractivity (Wildman–Crippen MR) is 130 cm³/mol. The normalized spacial score (nSPS) is 9.94. The molecule has 1 aromatic heterocycles. The summed E-state index contributed by atoms with van der Waals surface area (Å²) in [5.74, 6) is 1.19. The number of hydrogen-bond acceptors (Lipinski definition) is 6. The first-order valence-corrected chi connectivity index (χ1v) is 14.4. The van der Waals surface area contributed by atoms with Gasteiger partial charge in [-0.3, -0.25) is 0 Å². The van der Waals surface area contributed by atoms with Gasteiger partial charge in [-0.05, 0) is 30.5 Å². The molecule has 0 aromatic carbocycles. The molecule has 0 aliphatic heterocycles. The number of hydrogen-bond donors (Lipinski definition) is 6. The van der Waals surface area contributed by atoms with Gasteiger partial charge in [-0.15, -0.1) is 0 Å². The molecule has 15 heteroatoms. The van der Waals surface area contributed by atoms with Crippen molar-refractivity contribution < 1.29 is 38.9 Å². The SMILES string of the molecule is CC.CCC.Cc1cc(OC(=O)N(C)C)nc(C(C)C)n1.OP(O)(O)=S.OP(O)(O)=S. The summed E-state index contributed by atoms with van der Waals surface area (Å²) < 4.78 is 5.08. The molecule has 0 radical (unpaired) electrons. The van der Waals surface area contributed by atoms with E-state index >= 15 is 0 Å². The van der Waals surface area contributed by atoms with Gasteiger partial charge in [-0.25, -0.2) is 9.78 Å². The van der Waals surface area contributed by atoms with E-state index in [0.29, 0.717) is 11.7 Å². The van der Waals surface area contributed by atoms with E-state index in [2.05, 4.69) is 47.4 Å². The highest BCUT2D eigenvalue weighted by Gasteiger charge is 2.11. The second-order valence-corrected chi connectivity index (χ2v) is 10.8. The third-order valence-electron chi connectivity index (χ3n) is 1.92. The van der Waals surface area contributed by atoms with E-state index in [1.807, 2.05) is 34.6 Å². The number of aryl methyl sites for hydroxylation is 1. The first-order chi connectivity index (χ1) is 13.8. The topological polar surface area (TPSA) is 177 Å². The zero-order valence-electron chi connectivity index (χ0n) is 19.4. The quantitative estimate of drug-likeness (QED) is 0.312. The molecule has 1 amide bonds. The summed E-state index contributed by atoms with van der Waals surface area (Å²) in [6, 6.07) is 1.65. The van der Waals surface area contributed by atoms with Crippen LogP contribution in [0.4, 0.5) is 4.79 Å². The Hall–Kier alpha value is -0.590. The monoisotopic (exact) mass is 525 g/mol. The number of carbonyl (C=O) groups is 1. The highest BCUT2D eigenvalue weighted by molar-refractivity contribution is 8.06. The molecule has 0 spiro atoms. The number of nitrogens with zero attached hydrogens (tertiary/aromatic N) is 3. The minimum absolute atomic E-state index is 0.205. The van der Waals surface area contributed by atoms with E-state index in [1.165, 1.54) is 11.3 Å². The van der Waals surface area contributed by atoms with Crippen LogP contribution in [0.2, 0.25) is 0 Å². The fraction of sp³-hybridized carbons (Fsp3) is 0.688. The minimum Gasteiger partial charge on any atom is -0.391 e. The molecule has 31 heavy (non-hydrogen) atoms. The fourth-order valence-electron chi connectivity index (χ4n) is 1.05. The van der Waals surface area contributed by atoms with Crippen LogP contribution in [0, 0.1) is 6.92 Å². The maximum atomic E-state index is 11.3. The summed E-state index contributed by atoms with van der Waals surface area (Å²) in [6.45, 7) is 6.47. The summed E-state index contributed by atoms with van der Waals surface area (Å²) in [5.41, 5.74) is 0.792. The molecule has 0 fully saturated rings. The Labute approximate surface area is 195 Å². The first kappa shape index (κ1) is 37.7. The zero-order valence-corrected chi connectivity index (χ0v) is 22.8. The third-order valence-corrected chi connectivity index (χ3v) is 1.92. The molecule has 0 aliphatic carbocycles. The lowest BCUT2D eigenvalue weighted by atomic mass is 10.2. The number of amides is 1. The Kier molecular flexibility index (Phi) is 24.4. The Morgan fingerprint density at radius 3 is 1.61 bits per heavy atom. The summed E-state index contributed by atoms with van der Waals surface area (Å²) in [7, 11) is 3.25. The Morgan fingerprint density at radius 1 is 1.03 bits per heavy atom. The third kappa shape index (κ3) is 40.3. The number of carbonyl (C=O) groups excluding carboxylic acids is 1. The van der Waals surface area contributed by atoms with Gasteiger partial charge >= 0.3 is 19.5 Å². The second kappa shape index (κ2) is 20.0. The molecular weight excluding hydrogens is 488 g/mol. The second-order valence-electron chi connectivity index (χ2n) is 5.86. The molecule has 0 atom stereocenters. The molecule has 6 N–H and O–H groups in total. The molecule has 186 valence electrons. The van der Waals surface area contributed by atoms with Gasteiger partial charge in [0.2, 0.25) is 5.88 Å². The van der Waals surface area contributed by atoms with Crippen molar-refractivity contribution in [2.45, 2.75) is 60.8 Å². The van der Waals surface area contributed by atoms with Crippen molar-refractivity contribution in [2.75, 3.05) is 14.1 Å². The lowest BCUT2D eigenvalue weighted by Crippen LogP contribution is -2.25. The Morgan fingerprint density at radius 2 is 1.35 bits per heavy atom.